The Morgan fingerprint density at radius 2 is 1.60 bits per heavy atom. The van der Waals surface area contributed by atoms with Gasteiger partial charge < -0.3 is 48.2 Å². The molecule has 3 heterocycles. The van der Waals surface area contributed by atoms with E-state index in [1.807, 2.05) is 0 Å². The number of rotatable bonds is 9. The molecular formula is C42H59BN4O11. The topological polar surface area (TPSA) is 177 Å². The van der Waals surface area contributed by atoms with Gasteiger partial charge in [-0.2, -0.15) is 0 Å². The summed E-state index contributed by atoms with van der Waals surface area (Å²) in [6.45, 7) is 22.7. The third-order valence-electron chi connectivity index (χ3n) is 12.1. The van der Waals surface area contributed by atoms with Gasteiger partial charge in [0, 0.05) is 12.0 Å². The summed E-state index contributed by atoms with van der Waals surface area (Å²) >= 11 is 0. The molecule has 6 fully saturated rings. The highest BCUT2D eigenvalue weighted by Gasteiger charge is 2.70. The van der Waals surface area contributed by atoms with Gasteiger partial charge >= 0.3 is 25.3 Å². The molecule has 0 radical (unpaired) electrons. The van der Waals surface area contributed by atoms with E-state index in [1.165, 1.54) is 17.4 Å². The molecule has 2 amide bonds. The first-order valence-electron chi connectivity index (χ1n) is 20.4. The van der Waals surface area contributed by atoms with E-state index in [1.54, 1.807) is 74.4 Å². The van der Waals surface area contributed by atoms with Crippen LogP contribution in [0.1, 0.15) is 136 Å². The fraction of sp³-hybridized carbons (Fsp3) is 0.690. The van der Waals surface area contributed by atoms with Crippen molar-refractivity contribution in [3.05, 3.63) is 41.5 Å². The summed E-state index contributed by atoms with van der Waals surface area (Å²) in [5.41, 5.74) is -1.88. The predicted molar refractivity (Wildman–Crippen MR) is 211 cm³/mol. The number of esters is 1. The van der Waals surface area contributed by atoms with Gasteiger partial charge in [-0.05, 0) is 123 Å². The number of ether oxygens (including phenoxy) is 5. The van der Waals surface area contributed by atoms with Crippen LogP contribution in [-0.4, -0.2) is 93.8 Å². The first kappa shape index (κ1) is 41.8. The molecule has 16 heteroatoms. The number of imidazole rings is 1. The van der Waals surface area contributed by atoms with E-state index < -0.39 is 60.2 Å². The highest BCUT2D eigenvalue weighted by Crippen LogP contribution is 2.68. The number of hydrogen-bond acceptors (Lipinski definition) is 12. The molecule has 2 saturated heterocycles. The molecule has 4 aliphatic carbocycles. The molecule has 2 aliphatic heterocycles. The van der Waals surface area contributed by atoms with Crippen LogP contribution < -0.4 is 14.8 Å². The average Bonchev–Trinajstić information content (AvgIpc) is 3.47. The van der Waals surface area contributed by atoms with Gasteiger partial charge in [-0.3, -0.25) is 4.79 Å². The molecule has 7 atom stereocenters. The van der Waals surface area contributed by atoms with Crippen LogP contribution in [0.25, 0.3) is 0 Å². The van der Waals surface area contributed by atoms with E-state index in [0.717, 1.165) is 12.8 Å². The Labute approximate surface area is 341 Å². The van der Waals surface area contributed by atoms with Crippen LogP contribution in [0.3, 0.4) is 0 Å². The van der Waals surface area contributed by atoms with Crippen molar-refractivity contribution in [1.82, 2.24) is 20.2 Å². The molecule has 1 aromatic heterocycles. The monoisotopic (exact) mass is 806 g/mol. The number of alkyl carbamates (subject to hydrolysis) is 1. The van der Waals surface area contributed by atoms with Gasteiger partial charge in [0.25, 0.3) is 5.91 Å². The molecule has 58 heavy (non-hydrogen) atoms. The number of aromatic amines is 1. The van der Waals surface area contributed by atoms with Crippen LogP contribution in [0, 0.1) is 17.3 Å². The molecule has 0 spiro atoms. The molecular weight excluding hydrogens is 747 g/mol. The number of carbonyl (C=O) groups is 4. The number of hydrogen-bond donors (Lipinski definition) is 2. The van der Waals surface area contributed by atoms with E-state index in [-0.39, 0.29) is 59.0 Å². The van der Waals surface area contributed by atoms with Gasteiger partial charge in [-0.15, -0.1) is 0 Å². The van der Waals surface area contributed by atoms with Gasteiger partial charge in [0.1, 0.15) is 34.2 Å². The van der Waals surface area contributed by atoms with Crippen molar-refractivity contribution in [2.24, 2.45) is 17.3 Å². The van der Waals surface area contributed by atoms with Crippen LogP contribution in [0.2, 0.25) is 5.82 Å². The van der Waals surface area contributed by atoms with Crippen LogP contribution in [0.5, 0.6) is 11.5 Å². The minimum absolute atomic E-state index is 0.00840. The Bertz CT molecular complexity index is 1930. The van der Waals surface area contributed by atoms with E-state index in [0.29, 0.717) is 29.5 Å². The van der Waals surface area contributed by atoms with Crippen molar-refractivity contribution in [3.8, 4) is 11.5 Å². The second-order valence-electron chi connectivity index (χ2n) is 20.3. The molecule has 2 bridgehead atoms. The first-order chi connectivity index (χ1) is 26.8. The maximum Gasteiger partial charge on any atom is 0.514 e. The average molecular weight is 807 g/mol. The summed E-state index contributed by atoms with van der Waals surface area (Å²) in [5.74, 6) is -0.231. The lowest BCUT2D eigenvalue weighted by atomic mass is 9.43. The summed E-state index contributed by atoms with van der Waals surface area (Å²) in [7, 11) is -0.445. The lowest BCUT2D eigenvalue weighted by Crippen LogP contribution is -2.65. The lowest BCUT2D eigenvalue weighted by Gasteiger charge is -2.64. The summed E-state index contributed by atoms with van der Waals surface area (Å²) in [6, 6.07) is 2.37. The van der Waals surface area contributed by atoms with Crippen LogP contribution >= 0.6 is 0 Å². The maximum atomic E-state index is 14.2. The number of nitrogens with one attached hydrogen (secondary N) is 2. The standard InChI is InChI=1S/C42H59BN4O11/c1-38(2,3)54-35(49)31-28(52-23-19-47(20-23)34(48)32(27-18-44-21-45-27)46-36(50)55-39(4,5)6)14-13-24(33(31)53-37(51)56-40(7,8)9)25-17-26(25)43-57-30-16-22-15-29(41(22,10)11)42(30,12)58-43/h13-14,18,21-23,25-26,29-30,32H,15-17,19-20H2,1-12H3,(H,44,45)(H,46,50)/t22-,25?,26?,29-,30+,32?,42-/m0/s1. The van der Waals surface area contributed by atoms with E-state index in [9.17, 15) is 19.2 Å². The quantitative estimate of drug-likeness (QED) is 0.114. The molecule has 6 aliphatic rings. The van der Waals surface area contributed by atoms with Crippen molar-refractivity contribution in [1.29, 1.82) is 0 Å². The number of aromatic nitrogens is 2. The van der Waals surface area contributed by atoms with Gasteiger partial charge in [0.05, 0.1) is 36.8 Å². The molecule has 4 saturated carbocycles. The Morgan fingerprint density at radius 1 is 0.931 bits per heavy atom. The van der Waals surface area contributed by atoms with Gasteiger partial charge in [-0.25, -0.2) is 19.4 Å². The molecule has 15 nitrogen and oxygen atoms in total. The predicted octanol–water partition coefficient (Wildman–Crippen LogP) is 7.12. The highest BCUT2D eigenvalue weighted by atomic mass is 16.7. The molecule has 3 unspecified atom stereocenters. The van der Waals surface area contributed by atoms with Gasteiger partial charge in [0.2, 0.25) is 0 Å². The van der Waals surface area contributed by atoms with Crippen molar-refractivity contribution >= 4 is 31.2 Å². The summed E-state index contributed by atoms with van der Waals surface area (Å²) in [5, 5.41) is 2.63. The maximum absolute atomic E-state index is 14.2. The Kier molecular flexibility index (Phi) is 10.4. The zero-order chi connectivity index (χ0) is 42.3. The smallest absolute Gasteiger partial charge is 0.486 e. The van der Waals surface area contributed by atoms with Crippen molar-refractivity contribution < 1.29 is 52.2 Å². The Hall–Kier alpha value is -4.31. The second kappa shape index (κ2) is 14.5. The first-order valence-corrected chi connectivity index (χ1v) is 20.4. The SMILES string of the molecule is CC(C)(C)OC(=O)NC(C(=O)N1CC(Oc2ccc(C3CC3B3O[C@@H]4C[C@@H]5C[C@@H](C5(C)C)[C@]4(C)O3)c(OC(=O)OC(C)(C)C)c2C(=O)OC(C)(C)C)C1)c1c[nH]cn1. The number of likely N-dealkylation sites (tertiary alicyclic amines) is 1. The van der Waals surface area contributed by atoms with E-state index in [2.05, 4.69) is 36.1 Å². The largest absolute Gasteiger partial charge is 0.514 e. The minimum Gasteiger partial charge on any atom is -0.486 e. The molecule has 1 aromatic carbocycles. The molecule has 8 rings (SSSR count). The van der Waals surface area contributed by atoms with Crippen LogP contribution in [0.4, 0.5) is 9.59 Å². The molecule has 2 N–H and O–H groups in total. The highest BCUT2D eigenvalue weighted by molar-refractivity contribution is 6.49. The van der Waals surface area contributed by atoms with E-state index in [4.69, 9.17) is 33.0 Å². The Balaban J connectivity index is 1.14. The number of nitrogens with zero attached hydrogens (tertiary/aromatic N) is 2. The third kappa shape index (κ3) is 8.41. The summed E-state index contributed by atoms with van der Waals surface area (Å²) < 4.78 is 42.7. The third-order valence-corrected chi connectivity index (χ3v) is 12.1. The van der Waals surface area contributed by atoms with Gasteiger partial charge in [-0.1, -0.05) is 19.9 Å². The fourth-order valence-corrected chi connectivity index (χ4v) is 9.08. The number of amides is 2. The number of H-pyrrole nitrogens is 1. The molecule has 316 valence electrons. The normalized spacial score (nSPS) is 28.0. The summed E-state index contributed by atoms with van der Waals surface area (Å²) in [6.07, 6.45) is 3.45. The minimum atomic E-state index is -1.12. The van der Waals surface area contributed by atoms with Crippen molar-refractivity contribution in [2.75, 3.05) is 13.1 Å². The zero-order valence-corrected chi connectivity index (χ0v) is 35.8. The van der Waals surface area contributed by atoms with E-state index >= 15 is 0 Å². The van der Waals surface area contributed by atoms with Crippen molar-refractivity contribution in [3.63, 3.8) is 0 Å². The zero-order valence-electron chi connectivity index (χ0n) is 35.8. The summed E-state index contributed by atoms with van der Waals surface area (Å²) in [4.78, 5) is 62.6. The van der Waals surface area contributed by atoms with Gasteiger partial charge in [0.15, 0.2) is 11.8 Å². The number of benzene rings is 1. The fourth-order valence-electron chi connectivity index (χ4n) is 9.08. The number of carbonyl (C=O) groups excluding carboxylic acids is 4. The Morgan fingerprint density at radius 3 is 2.21 bits per heavy atom. The second-order valence-corrected chi connectivity index (χ2v) is 20.3. The van der Waals surface area contributed by atoms with Crippen LogP contribution in [0.15, 0.2) is 24.7 Å². The molecule has 2 aromatic rings. The van der Waals surface area contributed by atoms with Crippen LogP contribution in [-0.2, 0) is 28.3 Å². The van der Waals surface area contributed by atoms with Crippen molar-refractivity contribution in [2.45, 2.75) is 155 Å². The lowest BCUT2D eigenvalue weighted by molar-refractivity contribution is -0.199.